The molecule has 5 heteroatoms. The van der Waals surface area contributed by atoms with Crippen LogP contribution in [0.3, 0.4) is 0 Å². The minimum Gasteiger partial charge on any atom is -0.467 e. The molecule has 0 unspecified atom stereocenters. The average Bonchev–Trinajstić information content (AvgIpc) is 3.20. The molecule has 110 valence electrons. The smallest absolute Gasteiger partial charge is 0.254 e. The van der Waals surface area contributed by atoms with Crippen molar-refractivity contribution in [3.05, 3.63) is 54.0 Å². The number of carbonyl (C=O) groups excluding carboxylic acids is 1. The van der Waals surface area contributed by atoms with Crippen molar-refractivity contribution in [1.82, 2.24) is 4.90 Å². The second kappa shape index (κ2) is 5.85. The monoisotopic (exact) mass is 303 g/mol. The van der Waals surface area contributed by atoms with E-state index < -0.39 is 10.8 Å². The number of furan rings is 1. The molecule has 0 bridgehead atoms. The lowest BCUT2D eigenvalue weighted by atomic mass is 10.2. The Kier molecular flexibility index (Phi) is 3.92. The van der Waals surface area contributed by atoms with E-state index in [1.54, 1.807) is 36.8 Å². The van der Waals surface area contributed by atoms with E-state index in [9.17, 15) is 9.00 Å². The van der Waals surface area contributed by atoms with Crippen LogP contribution in [0.4, 0.5) is 0 Å². The van der Waals surface area contributed by atoms with Crippen LogP contribution in [-0.4, -0.2) is 27.3 Å². The van der Waals surface area contributed by atoms with Gasteiger partial charge in [-0.3, -0.25) is 9.00 Å². The lowest BCUT2D eigenvalue weighted by molar-refractivity contribution is 0.0717. The minimum atomic E-state index is -1.02. The maximum Gasteiger partial charge on any atom is 0.254 e. The molecular weight excluding hydrogens is 286 g/mol. The molecule has 0 radical (unpaired) electrons. The molecule has 1 atom stereocenters. The van der Waals surface area contributed by atoms with Gasteiger partial charge in [0.25, 0.3) is 5.91 Å². The molecule has 1 heterocycles. The van der Waals surface area contributed by atoms with Crippen molar-refractivity contribution in [2.24, 2.45) is 0 Å². The van der Waals surface area contributed by atoms with E-state index in [1.807, 2.05) is 17.0 Å². The molecule has 1 aromatic carbocycles. The van der Waals surface area contributed by atoms with Crippen LogP contribution < -0.4 is 0 Å². The van der Waals surface area contributed by atoms with Gasteiger partial charge >= 0.3 is 0 Å². The highest BCUT2D eigenvalue weighted by atomic mass is 32.2. The van der Waals surface area contributed by atoms with E-state index in [-0.39, 0.29) is 5.91 Å². The third-order valence-electron chi connectivity index (χ3n) is 3.59. The summed E-state index contributed by atoms with van der Waals surface area (Å²) in [5.74, 6) is 0.795. The molecule has 1 aromatic heterocycles. The second-order valence-corrected chi connectivity index (χ2v) is 6.60. The Hall–Kier alpha value is -1.88. The average molecular weight is 303 g/mol. The lowest BCUT2D eigenvalue weighted by Crippen LogP contribution is -2.32. The van der Waals surface area contributed by atoms with Crippen molar-refractivity contribution in [3.63, 3.8) is 0 Å². The quantitative estimate of drug-likeness (QED) is 0.853. The molecular formula is C16H17NO3S. The Morgan fingerprint density at radius 2 is 2.00 bits per heavy atom. The molecule has 1 aliphatic carbocycles. The summed E-state index contributed by atoms with van der Waals surface area (Å²) in [5.41, 5.74) is 0.627. The number of benzene rings is 1. The van der Waals surface area contributed by atoms with Gasteiger partial charge in [-0.15, -0.1) is 0 Å². The molecule has 4 nitrogen and oxygen atoms in total. The molecule has 2 aromatic rings. The standard InChI is InChI=1S/C16H17NO3S/c1-21(19)15-8-4-12(5-9-15)16(18)17(13-6-7-13)11-14-3-2-10-20-14/h2-5,8-10,13H,6-7,11H2,1H3/t21-/m1/s1. The number of hydrogen-bond acceptors (Lipinski definition) is 3. The first-order chi connectivity index (χ1) is 10.1. The SMILES string of the molecule is C[S@@](=O)c1ccc(C(=O)N(Cc2ccco2)C2CC2)cc1. The molecule has 0 N–H and O–H groups in total. The first-order valence-corrected chi connectivity index (χ1v) is 8.48. The van der Waals surface area contributed by atoms with Crippen LogP contribution >= 0.6 is 0 Å². The Labute approximate surface area is 126 Å². The van der Waals surface area contributed by atoms with Crippen molar-refractivity contribution in [3.8, 4) is 0 Å². The number of amides is 1. The fourth-order valence-electron chi connectivity index (χ4n) is 2.28. The van der Waals surface area contributed by atoms with Crippen LogP contribution in [0.1, 0.15) is 29.0 Å². The minimum absolute atomic E-state index is 0.00216. The summed E-state index contributed by atoms with van der Waals surface area (Å²) in [4.78, 5) is 15.2. The van der Waals surface area contributed by atoms with E-state index in [1.165, 1.54) is 0 Å². The lowest BCUT2D eigenvalue weighted by Gasteiger charge is -2.21. The van der Waals surface area contributed by atoms with Gasteiger partial charge in [-0.2, -0.15) is 0 Å². The number of rotatable bonds is 5. The highest BCUT2D eigenvalue weighted by Crippen LogP contribution is 2.30. The van der Waals surface area contributed by atoms with Crippen molar-refractivity contribution in [1.29, 1.82) is 0 Å². The van der Waals surface area contributed by atoms with Crippen LogP contribution in [0.5, 0.6) is 0 Å². The molecule has 21 heavy (non-hydrogen) atoms. The van der Waals surface area contributed by atoms with E-state index in [0.29, 0.717) is 18.2 Å². The molecule has 1 aliphatic rings. The molecule has 0 aliphatic heterocycles. The van der Waals surface area contributed by atoms with Crippen LogP contribution in [0, 0.1) is 0 Å². The van der Waals surface area contributed by atoms with Gasteiger partial charge in [0.15, 0.2) is 0 Å². The van der Waals surface area contributed by atoms with Gasteiger partial charge in [-0.25, -0.2) is 0 Å². The molecule has 0 saturated heterocycles. The Morgan fingerprint density at radius 1 is 1.29 bits per heavy atom. The van der Waals surface area contributed by atoms with Gasteiger partial charge in [0.05, 0.1) is 12.8 Å². The van der Waals surface area contributed by atoms with E-state index >= 15 is 0 Å². The summed E-state index contributed by atoms with van der Waals surface area (Å²) in [6, 6.07) is 11.0. The summed E-state index contributed by atoms with van der Waals surface area (Å²) in [6.07, 6.45) is 5.34. The van der Waals surface area contributed by atoms with Gasteiger partial charge in [-0.1, -0.05) is 0 Å². The van der Waals surface area contributed by atoms with Gasteiger partial charge in [-0.05, 0) is 49.2 Å². The maximum absolute atomic E-state index is 12.6. The number of nitrogens with zero attached hydrogens (tertiary/aromatic N) is 1. The normalized spacial score (nSPS) is 15.7. The molecule has 1 saturated carbocycles. The third-order valence-corrected chi connectivity index (χ3v) is 4.52. The molecule has 1 fully saturated rings. The van der Waals surface area contributed by atoms with Gasteiger partial charge in [0.2, 0.25) is 0 Å². The third kappa shape index (κ3) is 3.24. The van der Waals surface area contributed by atoms with Crippen LogP contribution in [0.15, 0.2) is 52.0 Å². The van der Waals surface area contributed by atoms with Gasteiger partial charge in [0, 0.05) is 33.6 Å². The van der Waals surface area contributed by atoms with Crippen molar-refractivity contribution < 1.29 is 13.4 Å². The first kappa shape index (κ1) is 14.1. The second-order valence-electron chi connectivity index (χ2n) is 5.22. The zero-order chi connectivity index (χ0) is 14.8. The van der Waals surface area contributed by atoms with E-state index in [2.05, 4.69) is 0 Å². The number of hydrogen-bond donors (Lipinski definition) is 0. The highest BCUT2D eigenvalue weighted by Gasteiger charge is 2.33. The fourth-order valence-corrected chi connectivity index (χ4v) is 2.80. The van der Waals surface area contributed by atoms with Crippen LogP contribution in [0.2, 0.25) is 0 Å². The van der Waals surface area contributed by atoms with Crippen molar-refractivity contribution in [2.75, 3.05) is 6.26 Å². The Morgan fingerprint density at radius 3 is 2.52 bits per heavy atom. The zero-order valence-corrected chi connectivity index (χ0v) is 12.6. The molecule has 3 rings (SSSR count). The highest BCUT2D eigenvalue weighted by molar-refractivity contribution is 7.84. The van der Waals surface area contributed by atoms with Gasteiger partial charge < -0.3 is 9.32 Å². The van der Waals surface area contributed by atoms with E-state index in [0.717, 1.165) is 23.5 Å². The van der Waals surface area contributed by atoms with Crippen LogP contribution in [0.25, 0.3) is 0 Å². The molecule has 0 spiro atoms. The summed E-state index contributed by atoms with van der Waals surface area (Å²) < 4.78 is 16.7. The largest absolute Gasteiger partial charge is 0.467 e. The van der Waals surface area contributed by atoms with Crippen molar-refractivity contribution >= 4 is 16.7 Å². The summed E-state index contributed by atoms with van der Waals surface area (Å²) in [5, 5.41) is 0. The Bertz CT molecular complexity index is 645. The topological polar surface area (TPSA) is 50.5 Å². The van der Waals surface area contributed by atoms with Gasteiger partial charge in [0.1, 0.15) is 5.76 Å². The summed E-state index contributed by atoms with van der Waals surface area (Å²) in [7, 11) is -1.02. The van der Waals surface area contributed by atoms with Crippen LogP contribution in [-0.2, 0) is 17.3 Å². The van der Waals surface area contributed by atoms with Crippen molar-refractivity contribution in [2.45, 2.75) is 30.3 Å². The first-order valence-electron chi connectivity index (χ1n) is 6.92. The summed E-state index contributed by atoms with van der Waals surface area (Å²) in [6.45, 7) is 0.498. The predicted molar refractivity (Wildman–Crippen MR) is 80.4 cm³/mol. The summed E-state index contributed by atoms with van der Waals surface area (Å²) >= 11 is 0. The predicted octanol–water partition coefficient (Wildman–Crippen LogP) is 2.82. The molecule has 1 amide bonds. The van der Waals surface area contributed by atoms with E-state index in [4.69, 9.17) is 4.42 Å². The fraction of sp³-hybridized carbons (Fsp3) is 0.312. The maximum atomic E-state index is 12.6. The Balaban J connectivity index is 1.79. The number of carbonyl (C=O) groups is 1. The zero-order valence-electron chi connectivity index (χ0n) is 11.8.